The number of benzene rings is 2. The normalized spacial score (nSPS) is 13.6. The van der Waals surface area contributed by atoms with Gasteiger partial charge in [0.1, 0.15) is 24.2 Å². The molecule has 0 saturated carbocycles. The van der Waals surface area contributed by atoms with Crippen molar-refractivity contribution >= 4 is 52.2 Å². The lowest BCUT2D eigenvalue weighted by Crippen LogP contribution is -2.58. The van der Waals surface area contributed by atoms with Crippen LogP contribution >= 0.6 is 0 Å². The first-order chi connectivity index (χ1) is 21.1. The van der Waals surface area contributed by atoms with E-state index in [0.29, 0.717) is 5.56 Å². The molecule has 4 atom stereocenters. The Balaban J connectivity index is 2.23. The summed E-state index contributed by atoms with van der Waals surface area (Å²) in [7, 11) is 3.10. The topological polar surface area (TPSA) is 217 Å². The first kappa shape index (κ1) is 36.2. The van der Waals surface area contributed by atoms with Crippen molar-refractivity contribution < 1.29 is 38.7 Å². The molecule has 0 saturated heterocycles. The molecule has 0 unspecified atom stereocenters. The highest BCUT2D eigenvalue weighted by Crippen LogP contribution is 2.17. The van der Waals surface area contributed by atoms with Gasteiger partial charge >= 0.3 is 5.97 Å². The van der Waals surface area contributed by atoms with Crippen LogP contribution in [0.3, 0.4) is 0 Å². The molecule has 2 aromatic rings. The number of carbonyl (C=O) groups is 7. The van der Waals surface area contributed by atoms with Gasteiger partial charge in [-0.1, -0.05) is 56.3 Å². The molecule has 7 N–H and O–H groups in total. The van der Waals surface area contributed by atoms with Gasteiger partial charge in [-0.25, -0.2) is 0 Å². The molecule has 0 aliphatic heterocycles. The maximum atomic E-state index is 13.5. The number of likely N-dealkylation sites (N-methyl/N-ethyl adjacent to an activating group) is 1. The van der Waals surface area contributed by atoms with Crippen LogP contribution < -0.4 is 27.0 Å². The fraction of sp³-hybridized carbons (Fsp3) is 0.452. The van der Waals surface area contributed by atoms with E-state index in [-0.39, 0.29) is 24.7 Å². The zero-order valence-corrected chi connectivity index (χ0v) is 26.1. The van der Waals surface area contributed by atoms with Crippen LogP contribution in [0.1, 0.15) is 45.6 Å². The number of carbonyl (C=O) groups excluding carboxylic acids is 6. The molecule has 14 nitrogen and oxygen atoms in total. The molecule has 0 radical (unpaired) electrons. The van der Waals surface area contributed by atoms with Gasteiger partial charge in [0.15, 0.2) is 0 Å². The Bertz CT molecular complexity index is 1430. The summed E-state index contributed by atoms with van der Waals surface area (Å²) in [6.07, 6.45) is -1.48. The van der Waals surface area contributed by atoms with Crippen LogP contribution in [0.5, 0.6) is 0 Å². The minimum Gasteiger partial charge on any atom is -0.481 e. The standard InChI is InChI=1S/C31H42N6O8/c1-17(2)27(31(45)37(4)5)36-28(42)18(3)33-29(43)23(16-24(32)38)35-30(44)22(34-25(39)12-13-26(40)41)15-19-10-11-20-8-6-7-9-21(20)14-19/h6-11,14,17-18,22-23,27H,12-13,15-16H2,1-5H3,(H2,32,38)(H,33,43)(H,34,39)(H,35,44)(H,36,42)(H,40,41)/t18-,22-,23-,27-/m0/s1. The van der Waals surface area contributed by atoms with Crippen molar-refractivity contribution in [2.75, 3.05) is 14.1 Å². The Morgan fingerprint density at radius 2 is 1.40 bits per heavy atom. The van der Waals surface area contributed by atoms with Crippen LogP contribution in [0.4, 0.5) is 0 Å². The van der Waals surface area contributed by atoms with Crippen molar-refractivity contribution in [3.63, 3.8) is 0 Å². The van der Waals surface area contributed by atoms with E-state index in [2.05, 4.69) is 21.3 Å². The van der Waals surface area contributed by atoms with E-state index in [4.69, 9.17) is 10.8 Å². The van der Waals surface area contributed by atoms with Crippen LogP contribution in [0.25, 0.3) is 10.8 Å². The average Bonchev–Trinajstić information content (AvgIpc) is 2.96. The van der Waals surface area contributed by atoms with Gasteiger partial charge in [0.2, 0.25) is 35.4 Å². The number of primary amides is 1. The highest BCUT2D eigenvalue weighted by molar-refractivity contribution is 5.97. The number of fused-ring (bicyclic) bond motifs is 1. The minimum absolute atomic E-state index is 0.0182. The Hall–Kier alpha value is -5.01. The maximum Gasteiger partial charge on any atom is 0.303 e. The molecule has 14 heteroatoms. The van der Waals surface area contributed by atoms with E-state index in [0.717, 1.165) is 10.8 Å². The summed E-state index contributed by atoms with van der Waals surface area (Å²) in [5.41, 5.74) is 6.01. The van der Waals surface area contributed by atoms with Crippen molar-refractivity contribution in [2.24, 2.45) is 11.7 Å². The molecule has 244 valence electrons. The number of rotatable bonds is 16. The quantitative estimate of drug-likeness (QED) is 0.147. The van der Waals surface area contributed by atoms with E-state index in [1.54, 1.807) is 34.0 Å². The van der Waals surface area contributed by atoms with Crippen LogP contribution in [0, 0.1) is 5.92 Å². The Morgan fingerprint density at radius 1 is 0.778 bits per heavy atom. The zero-order chi connectivity index (χ0) is 33.8. The highest BCUT2D eigenvalue weighted by atomic mass is 16.4. The first-order valence-electron chi connectivity index (χ1n) is 14.5. The second-order valence-corrected chi connectivity index (χ2v) is 11.3. The predicted molar refractivity (Wildman–Crippen MR) is 165 cm³/mol. The molecular formula is C31H42N6O8. The van der Waals surface area contributed by atoms with Gasteiger partial charge in [0.25, 0.3) is 0 Å². The number of nitrogens with one attached hydrogen (secondary N) is 4. The van der Waals surface area contributed by atoms with Crippen LogP contribution in [-0.4, -0.2) is 89.7 Å². The molecule has 0 heterocycles. The average molecular weight is 627 g/mol. The third-order valence-corrected chi connectivity index (χ3v) is 6.93. The van der Waals surface area contributed by atoms with Crippen molar-refractivity contribution in [1.29, 1.82) is 0 Å². The molecule has 0 bridgehead atoms. The fourth-order valence-corrected chi connectivity index (χ4v) is 4.43. The third kappa shape index (κ3) is 11.5. The molecule has 0 aromatic heterocycles. The number of nitrogens with zero attached hydrogens (tertiary/aromatic N) is 1. The number of carboxylic acids is 1. The summed E-state index contributed by atoms with van der Waals surface area (Å²) in [6.45, 7) is 4.88. The van der Waals surface area contributed by atoms with Gasteiger partial charge in [0.05, 0.1) is 12.8 Å². The first-order valence-corrected chi connectivity index (χ1v) is 14.5. The second-order valence-electron chi connectivity index (χ2n) is 11.3. The van der Waals surface area contributed by atoms with Gasteiger partial charge in [-0.2, -0.15) is 0 Å². The summed E-state index contributed by atoms with van der Waals surface area (Å²) < 4.78 is 0. The van der Waals surface area contributed by atoms with Crippen molar-refractivity contribution in [1.82, 2.24) is 26.2 Å². The van der Waals surface area contributed by atoms with Crippen molar-refractivity contribution in [2.45, 2.75) is 70.6 Å². The van der Waals surface area contributed by atoms with Gasteiger partial charge in [-0.15, -0.1) is 0 Å². The minimum atomic E-state index is -1.51. The van der Waals surface area contributed by atoms with E-state index in [1.165, 1.54) is 11.8 Å². The Morgan fingerprint density at radius 3 is 1.98 bits per heavy atom. The highest BCUT2D eigenvalue weighted by Gasteiger charge is 2.32. The van der Waals surface area contributed by atoms with Gasteiger partial charge in [-0.3, -0.25) is 33.6 Å². The third-order valence-electron chi connectivity index (χ3n) is 6.93. The largest absolute Gasteiger partial charge is 0.481 e. The summed E-state index contributed by atoms with van der Waals surface area (Å²) in [6, 6.07) is 8.19. The molecule has 0 aliphatic carbocycles. The lowest BCUT2D eigenvalue weighted by atomic mass is 10.0. The second kappa shape index (κ2) is 16.7. The molecule has 0 aliphatic rings. The van der Waals surface area contributed by atoms with E-state index in [1.807, 2.05) is 36.4 Å². The van der Waals surface area contributed by atoms with E-state index < -0.39 is 72.5 Å². The number of hydrogen-bond acceptors (Lipinski definition) is 7. The number of carboxylic acid groups (broad SMARTS) is 1. The van der Waals surface area contributed by atoms with Gasteiger partial charge in [-0.05, 0) is 29.2 Å². The summed E-state index contributed by atoms with van der Waals surface area (Å²) >= 11 is 0. The van der Waals surface area contributed by atoms with Crippen LogP contribution in [0.15, 0.2) is 42.5 Å². The number of hydrogen-bond donors (Lipinski definition) is 6. The molecule has 0 spiro atoms. The van der Waals surface area contributed by atoms with Crippen LogP contribution in [0.2, 0.25) is 0 Å². The summed E-state index contributed by atoms with van der Waals surface area (Å²) in [5, 5.41) is 20.8. The lowest BCUT2D eigenvalue weighted by Gasteiger charge is -2.27. The molecule has 6 amide bonds. The Labute approximate surface area is 261 Å². The number of amides is 6. The predicted octanol–water partition coefficient (Wildman–Crippen LogP) is -0.174. The maximum absolute atomic E-state index is 13.5. The molecular weight excluding hydrogens is 584 g/mol. The summed E-state index contributed by atoms with van der Waals surface area (Å²) in [4.78, 5) is 88.6. The van der Waals surface area contributed by atoms with Crippen molar-refractivity contribution in [3.05, 3.63) is 48.0 Å². The number of nitrogens with two attached hydrogens (primary N) is 1. The summed E-state index contributed by atoms with van der Waals surface area (Å²) in [5.74, 6) is -5.79. The monoisotopic (exact) mass is 626 g/mol. The smallest absolute Gasteiger partial charge is 0.303 e. The molecule has 45 heavy (non-hydrogen) atoms. The van der Waals surface area contributed by atoms with E-state index >= 15 is 0 Å². The Kier molecular flexibility index (Phi) is 13.5. The lowest BCUT2D eigenvalue weighted by molar-refractivity contribution is -0.139. The number of aliphatic carboxylic acids is 1. The fourth-order valence-electron chi connectivity index (χ4n) is 4.43. The SMILES string of the molecule is CC(C)[C@H](NC(=O)[C@H](C)NC(=O)[C@H](CC(N)=O)NC(=O)[C@H](Cc1ccc2ccccc2c1)NC(=O)CCC(=O)O)C(=O)N(C)C. The molecule has 2 aromatic carbocycles. The van der Waals surface area contributed by atoms with Gasteiger partial charge < -0.3 is 37.0 Å². The molecule has 0 fully saturated rings. The van der Waals surface area contributed by atoms with Crippen LogP contribution in [-0.2, 0) is 40.0 Å². The van der Waals surface area contributed by atoms with E-state index in [9.17, 15) is 33.6 Å². The molecule has 2 rings (SSSR count). The zero-order valence-electron chi connectivity index (χ0n) is 26.1. The van der Waals surface area contributed by atoms with Crippen molar-refractivity contribution in [3.8, 4) is 0 Å². The van der Waals surface area contributed by atoms with Gasteiger partial charge in [0, 0.05) is 26.9 Å².